The van der Waals surface area contributed by atoms with Crippen LogP contribution in [0.25, 0.3) is 5.88 Å². The Morgan fingerprint density at radius 2 is 2.12 bits per heavy atom. The van der Waals surface area contributed by atoms with E-state index in [1.807, 2.05) is 12.2 Å². The highest BCUT2D eigenvalue weighted by molar-refractivity contribution is 5.83. The van der Waals surface area contributed by atoms with Crippen LogP contribution in [0.5, 0.6) is 11.5 Å². The second-order valence-corrected chi connectivity index (χ2v) is 5.22. The molecule has 2 aromatic rings. The van der Waals surface area contributed by atoms with E-state index in [1.54, 1.807) is 0 Å². The van der Waals surface area contributed by atoms with Gasteiger partial charge in [0.2, 0.25) is 11.5 Å². The van der Waals surface area contributed by atoms with Crippen LogP contribution in [0.15, 0.2) is 15.4 Å². The number of hydrogen-bond donors (Lipinski definition) is 3. The Morgan fingerprint density at radius 1 is 1.40 bits per heavy atom. The maximum absolute atomic E-state index is 14.1. The topological polar surface area (TPSA) is 127 Å². The SMILES string of the molecule is CCCCCOC(=O)Nc1nc(=O)n(-c2oc(C)c(O)c2O)cc1F. The fourth-order valence-electron chi connectivity index (χ4n) is 1.99. The molecule has 0 aliphatic carbocycles. The molecule has 0 fully saturated rings. The number of nitrogens with zero attached hydrogens (tertiary/aromatic N) is 2. The molecule has 0 aliphatic rings. The number of halogens is 1. The Hall–Kier alpha value is -3.04. The number of aryl methyl sites for hydroxylation is 1. The number of aromatic hydroxyl groups is 2. The molecule has 2 heterocycles. The Morgan fingerprint density at radius 3 is 2.72 bits per heavy atom. The van der Waals surface area contributed by atoms with Crippen LogP contribution in [-0.4, -0.2) is 32.5 Å². The molecule has 0 atom stereocenters. The number of hydrogen-bond acceptors (Lipinski definition) is 7. The highest BCUT2D eigenvalue weighted by atomic mass is 19.1. The van der Waals surface area contributed by atoms with Gasteiger partial charge < -0.3 is 19.4 Å². The van der Waals surface area contributed by atoms with Crippen LogP contribution < -0.4 is 11.0 Å². The van der Waals surface area contributed by atoms with Crippen molar-refractivity contribution in [3.8, 4) is 17.4 Å². The molecule has 2 rings (SSSR count). The Kier molecular flexibility index (Phi) is 5.63. The molecule has 9 nitrogen and oxygen atoms in total. The summed E-state index contributed by atoms with van der Waals surface area (Å²) in [6.45, 7) is 3.50. The largest absolute Gasteiger partial charge is 0.502 e. The lowest BCUT2D eigenvalue weighted by Gasteiger charge is -2.08. The predicted octanol–water partition coefficient (Wildman–Crippen LogP) is 2.42. The zero-order valence-electron chi connectivity index (χ0n) is 13.7. The molecule has 0 spiro atoms. The molecule has 3 N–H and O–H groups in total. The summed E-state index contributed by atoms with van der Waals surface area (Å²) >= 11 is 0. The normalized spacial score (nSPS) is 10.7. The highest BCUT2D eigenvalue weighted by Crippen LogP contribution is 2.37. The number of ether oxygens (including phenoxy) is 1. The smallest absolute Gasteiger partial charge is 0.412 e. The summed E-state index contributed by atoms with van der Waals surface area (Å²) in [6, 6.07) is 0. The molecule has 0 aliphatic heterocycles. The number of unbranched alkanes of at least 4 members (excludes halogenated alkanes) is 2. The third-order valence-electron chi connectivity index (χ3n) is 3.31. The van der Waals surface area contributed by atoms with Crippen molar-refractivity contribution >= 4 is 11.9 Å². The van der Waals surface area contributed by atoms with Gasteiger partial charge in [-0.25, -0.2) is 18.5 Å². The second-order valence-electron chi connectivity index (χ2n) is 5.22. The monoisotopic (exact) mass is 355 g/mol. The Bertz CT molecular complexity index is 829. The molecule has 0 saturated carbocycles. The maximum Gasteiger partial charge on any atom is 0.412 e. The fourth-order valence-corrected chi connectivity index (χ4v) is 1.99. The first-order valence-corrected chi connectivity index (χ1v) is 7.59. The standard InChI is InChI=1S/C15H18FN3O6/c1-3-4-5-6-24-15(23)18-12-9(16)7-19(14(22)17-12)13-11(21)10(20)8(2)25-13/h7,20-21H,3-6H2,1-2H3,(H,17,18,22,23). The zero-order chi connectivity index (χ0) is 18.6. The van der Waals surface area contributed by atoms with Gasteiger partial charge in [-0.15, -0.1) is 0 Å². The molecule has 0 aromatic carbocycles. The number of carbonyl (C=O) groups is 1. The van der Waals surface area contributed by atoms with Gasteiger partial charge in [-0.3, -0.25) is 5.32 Å². The van der Waals surface area contributed by atoms with Crippen molar-refractivity contribution in [1.29, 1.82) is 0 Å². The van der Waals surface area contributed by atoms with E-state index in [2.05, 4.69) is 4.98 Å². The van der Waals surface area contributed by atoms with E-state index in [0.29, 0.717) is 17.2 Å². The number of aromatic nitrogens is 2. The van der Waals surface area contributed by atoms with Crippen molar-refractivity contribution in [2.24, 2.45) is 0 Å². The summed E-state index contributed by atoms with van der Waals surface area (Å²) in [7, 11) is 0. The summed E-state index contributed by atoms with van der Waals surface area (Å²) in [4.78, 5) is 26.9. The molecule has 10 heteroatoms. The average Bonchev–Trinajstić information content (AvgIpc) is 2.82. The first-order valence-electron chi connectivity index (χ1n) is 7.59. The molecular weight excluding hydrogens is 337 g/mol. The lowest BCUT2D eigenvalue weighted by molar-refractivity contribution is 0.159. The minimum Gasteiger partial charge on any atom is -0.502 e. The zero-order valence-corrected chi connectivity index (χ0v) is 13.7. The Labute approximate surface area is 141 Å². The molecule has 136 valence electrons. The second kappa shape index (κ2) is 7.69. The Balaban J connectivity index is 2.18. The van der Waals surface area contributed by atoms with E-state index in [9.17, 15) is 24.2 Å². The van der Waals surface area contributed by atoms with Gasteiger partial charge in [0.25, 0.3) is 5.88 Å². The van der Waals surface area contributed by atoms with Crippen LogP contribution >= 0.6 is 0 Å². The van der Waals surface area contributed by atoms with Crippen LogP contribution in [0, 0.1) is 12.7 Å². The van der Waals surface area contributed by atoms with Crippen LogP contribution in [0.2, 0.25) is 0 Å². The highest BCUT2D eigenvalue weighted by Gasteiger charge is 2.21. The number of rotatable bonds is 6. The number of carbonyl (C=O) groups excluding carboxylic acids is 1. The average molecular weight is 355 g/mol. The molecule has 0 saturated heterocycles. The van der Waals surface area contributed by atoms with Gasteiger partial charge in [-0.05, 0) is 13.3 Å². The van der Waals surface area contributed by atoms with Gasteiger partial charge in [0.1, 0.15) is 5.76 Å². The third-order valence-corrected chi connectivity index (χ3v) is 3.31. The van der Waals surface area contributed by atoms with Crippen LogP contribution in [0.1, 0.15) is 31.9 Å². The molecule has 0 bridgehead atoms. The van der Waals surface area contributed by atoms with E-state index >= 15 is 0 Å². The van der Waals surface area contributed by atoms with E-state index in [-0.39, 0.29) is 12.4 Å². The quantitative estimate of drug-likeness (QED) is 0.679. The van der Waals surface area contributed by atoms with Crippen molar-refractivity contribution in [2.75, 3.05) is 11.9 Å². The summed E-state index contributed by atoms with van der Waals surface area (Å²) < 4.78 is 24.5. The van der Waals surface area contributed by atoms with E-state index < -0.39 is 40.8 Å². The maximum atomic E-state index is 14.1. The summed E-state index contributed by atoms with van der Waals surface area (Å²) in [5, 5.41) is 21.2. The molecule has 1 amide bonds. The van der Waals surface area contributed by atoms with Gasteiger partial charge >= 0.3 is 11.8 Å². The van der Waals surface area contributed by atoms with E-state index in [0.717, 1.165) is 12.8 Å². The van der Waals surface area contributed by atoms with Gasteiger partial charge in [0.15, 0.2) is 11.6 Å². The number of amides is 1. The van der Waals surface area contributed by atoms with Crippen molar-refractivity contribution in [2.45, 2.75) is 33.1 Å². The van der Waals surface area contributed by atoms with Crippen LogP contribution in [-0.2, 0) is 4.74 Å². The molecule has 0 unspecified atom stereocenters. The first kappa shape index (κ1) is 18.3. The van der Waals surface area contributed by atoms with E-state index in [1.165, 1.54) is 6.92 Å². The minimum atomic E-state index is -1.06. The number of furan rings is 1. The predicted molar refractivity (Wildman–Crippen MR) is 84.6 cm³/mol. The lowest BCUT2D eigenvalue weighted by atomic mass is 10.3. The van der Waals surface area contributed by atoms with Gasteiger partial charge in [0.05, 0.1) is 12.8 Å². The molecule has 0 radical (unpaired) electrons. The van der Waals surface area contributed by atoms with Crippen LogP contribution in [0.4, 0.5) is 15.0 Å². The summed E-state index contributed by atoms with van der Waals surface area (Å²) in [6.07, 6.45) is 2.23. The lowest BCUT2D eigenvalue weighted by Crippen LogP contribution is -2.25. The summed E-state index contributed by atoms with van der Waals surface area (Å²) in [5.74, 6) is -3.51. The molecule has 25 heavy (non-hydrogen) atoms. The van der Waals surface area contributed by atoms with Crippen molar-refractivity contribution in [3.63, 3.8) is 0 Å². The fraction of sp³-hybridized carbons (Fsp3) is 0.400. The van der Waals surface area contributed by atoms with Crippen molar-refractivity contribution in [1.82, 2.24) is 9.55 Å². The number of nitrogens with one attached hydrogen (secondary N) is 1. The van der Waals surface area contributed by atoms with Gasteiger partial charge in [-0.1, -0.05) is 19.8 Å². The summed E-state index contributed by atoms with van der Waals surface area (Å²) in [5.41, 5.74) is -1.04. The van der Waals surface area contributed by atoms with Crippen LogP contribution in [0.3, 0.4) is 0 Å². The van der Waals surface area contributed by atoms with Crippen molar-refractivity contribution in [3.05, 3.63) is 28.3 Å². The molecular formula is C15H18FN3O6. The van der Waals surface area contributed by atoms with Gasteiger partial charge in [-0.2, -0.15) is 4.98 Å². The third kappa shape index (κ3) is 4.08. The first-order chi connectivity index (χ1) is 11.8. The minimum absolute atomic E-state index is 0.0577. The molecule has 2 aromatic heterocycles. The van der Waals surface area contributed by atoms with Crippen molar-refractivity contribution < 1.29 is 28.6 Å². The number of anilines is 1. The van der Waals surface area contributed by atoms with E-state index in [4.69, 9.17) is 9.15 Å². The van der Waals surface area contributed by atoms with Gasteiger partial charge in [0, 0.05) is 0 Å².